The Morgan fingerprint density at radius 2 is 2.25 bits per heavy atom. The van der Waals surface area contributed by atoms with Crippen molar-refractivity contribution in [2.45, 2.75) is 13.8 Å². The van der Waals surface area contributed by atoms with Gasteiger partial charge in [0.05, 0.1) is 11.9 Å². The van der Waals surface area contributed by atoms with Crippen molar-refractivity contribution >= 4 is 23.7 Å². The number of nitrogens with zero attached hydrogens (tertiary/aromatic N) is 5. The highest BCUT2D eigenvalue weighted by Gasteiger charge is 2.15. The minimum atomic E-state index is -0.102. The topological polar surface area (TPSA) is 110 Å². The molecule has 2 rings (SSSR count). The Morgan fingerprint density at radius 3 is 2.92 bits per heavy atom. The zero-order chi connectivity index (χ0) is 17.5. The molecule has 124 valence electrons. The molecular formula is C15H14ClN5O3. The lowest BCUT2D eigenvalue weighted by molar-refractivity contribution is 0.0227. The first-order valence-electron chi connectivity index (χ1n) is 6.99. The van der Waals surface area contributed by atoms with Gasteiger partial charge < -0.3 is 9.47 Å². The summed E-state index contributed by atoms with van der Waals surface area (Å²) in [7, 11) is 0. The summed E-state index contributed by atoms with van der Waals surface area (Å²) in [5.41, 5.74) is 10.4. The predicted molar refractivity (Wildman–Crippen MR) is 88.5 cm³/mol. The van der Waals surface area contributed by atoms with Gasteiger partial charge in [0.25, 0.3) is 0 Å². The second-order valence-electron chi connectivity index (χ2n) is 4.62. The van der Waals surface area contributed by atoms with E-state index in [9.17, 15) is 4.79 Å². The Kier molecular flexibility index (Phi) is 6.08. The van der Waals surface area contributed by atoms with Gasteiger partial charge in [-0.05, 0) is 42.2 Å². The largest absolute Gasteiger partial charge is 0.467 e. The van der Waals surface area contributed by atoms with E-state index in [1.807, 2.05) is 13.8 Å². The van der Waals surface area contributed by atoms with Gasteiger partial charge in [0.2, 0.25) is 0 Å². The zero-order valence-corrected chi connectivity index (χ0v) is 13.8. The zero-order valence-electron chi connectivity index (χ0n) is 13.1. The molecule has 1 aromatic heterocycles. The molecule has 0 saturated heterocycles. The second-order valence-corrected chi connectivity index (χ2v) is 5.06. The smallest absolute Gasteiger partial charge is 0.189 e. The lowest BCUT2D eigenvalue weighted by Gasteiger charge is -2.14. The summed E-state index contributed by atoms with van der Waals surface area (Å²) in [4.78, 5) is 21.8. The van der Waals surface area contributed by atoms with E-state index in [0.29, 0.717) is 34.9 Å². The molecule has 0 fully saturated rings. The third-order valence-electron chi connectivity index (χ3n) is 3.05. The van der Waals surface area contributed by atoms with Crippen LogP contribution in [0.3, 0.4) is 0 Å². The van der Waals surface area contributed by atoms with Gasteiger partial charge in [-0.15, -0.1) is 0 Å². The number of azide groups is 1. The maximum absolute atomic E-state index is 11.0. The number of halogens is 1. The molecule has 0 unspecified atom stereocenters. The average molecular weight is 348 g/mol. The van der Waals surface area contributed by atoms with Crippen LogP contribution in [0.15, 0.2) is 23.4 Å². The van der Waals surface area contributed by atoms with Gasteiger partial charge in [-0.1, -0.05) is 11.6 Å². The fourth-order valence-corrected chi connectivity index (χ4v) is 2.31. The molecule has 0 aliphatic carbocycles. The van der Waals surface area contributed by atoms with Crippen LogP contribution in [0.1, 0.15) is 23.0 Å². The molecule has 9 heteroatoms. The number of ether oxygens (including phenoxy) is 2. The van der Waals surface area contributed by atoms with E-state index in [4.69, 9.17) is 26.6 Å². The van der Waals surface area contributed by atoms with Crippen LogP contribution in [0.25, 0.3) is 21.7 Å². The lowest BCUT2D eigenvalue weighted by atomic mass is 10.0. The molecule has 24 heavy (non-hydrogen) atoms. The maximum atomic E-state index is 11.0. The van der Waals surface area contributed by atoms with Crippen molar-refractivity contribution in [2.75, 3.05) is 13.4 Å². The number of rotatable bonds is 7. The van der Waals surface area contributed by atoms with Crippen molar-refractivity contribution in [2.24, 2.45) is 5.11 Å². The standard InChI is InChI=1S/C15H14ClN5O3/c1-3-23-8-24-13-5-10(16)4-9(2)14(13)11-6-18-12(7-22)15(19-11)20-21-17/h4-7H,3,8H2,1-2H3. The summed E-state index contributed by atoms with van der Waals surface area (Å²) in [6.07, 6.45) is 1.88. The van der Waals surface area contributed by atoms with Gasteiger partial charge in [0.1, 0.15) is 11.4 Å². The summed E-state index contributed by atoms with van der Waals surface area (Å²) in [5.74, 6) is 0.351. The van der Waals surface area contributed by atoms with Crippen LogP contribution in [0.5, 0.6) is 5.75 Å². The van der Waals surface area contributed by atoms with Crippen LogP contribution >= 0.6 is 11.6 Å². The third kappa shape index (κ3) is 3.99. The van der Waals surface area contributed by atoms with E-state index in [0.717, 1.165) is 5.56 Å². The van der Waals surface area contributed by atoms with Crippen LogP contribution in [0, 0.1) is 6.92 Å². The van der Waals surface area contributed by atoms with Crippen molar-refractivity contribution in [1.29, 1.82) is 0 Å². The molecule has 0 aliphatic rings. The number of benzene rings is 1. The first-order valence-corrected chi connectivity index (χ1v) is 7.36. The Balaban J connectivity index is 2.56. The SMILES string of the molecule is CCOCOc1cc(Cl)cc(C)c1-c1cnc(C=O)c(N=[N+]=[N-])n1. The summed E-state index contributed by atoms with van der Waals surface area (Å²) in [6, 6.07) is 3.37. The third-order valence-corrected chi connectivity index (χ3v) is 3.27. The summed E-state index contributed by atoms with van der Waals surface area (Å²) >= 11 is 6.08. The number of carbonyl (C=O) groups is 1. The number of aldehydes is 1. The van der Waals surface area contributed by atoms with E-state index >= 15 is 0 Å². The van der Waals surface area contributed by atoms with Crippen LogP contribution < -0.4 is 4.74 Å². The lowest BCUT2D eigenvalue weighted by Crippen LogP contribution is -2.04. The molecule has 0 bridgehead atoms. The molecule has 0 spiro atoms. The summed E-state index contributed by atoms with van der Waals surface area (Å²) in [6.45, 7) is 4.23. The van der Waals surface area contributed by atoms with Crippen LogP contribution in [-0.2, 0) is 4.74 Å². The molecule has 8 nitrogen and oxygen atoms in total. The van der Waals surface area contributed by atoms with Crippen molar-refractivity contribution < 1.29 is 14.3 Å². The van der Waals surface area contributed by atoms with E-state index < -0.39 is 0 Å². The normalized spacial score (nSPS) is 10.1. The van der Waals surface area contributed by atoms with E-state index in [1.54, 1.807) is 12.1 Å². The van der Waals surface area contributed by atoms with Crippen LogP contribution in [0.2, 0.25) is 5.02 Å². The van der Waals surface area contributed by atoms with E-state index in [2.05, 4.69) is 20.0 Å². The van der Waals surface area contributed by atoms with Crippen LogP contribution in [0.4, 0.5) is 5.82 Å². The molecule has 0 N–H and O–H groups in total. The summed E-state index contributed by atoms with van der Waals surface area (Å²) < 4.78 is 10.8. The van der Waals surface area contributed by atoms with E-state index in [1.165, 1.54) is 6.20 Å². The molecule has 0 saturated carbocycles. The molecular weight excluding hydrogens is 334 g/mol. The Hall–Kier alpha value is -2.67. The Labute approximate surface area is 143 Å². The summed E-state index contributed by atoms with van der Waals surface area (Å²) in [5, 5.41) is 3.90. The minimum Gasteiger partial charge on any atom is -0.467 e. The molecule has 0 radical (unpaired) electrons. The average Bonchev–Trinajstić information content (AvgIpc) is 2.55. The number of aryl methyl sites for hydroxylation is 1. The van der Waals surface area contributed by atoms with Gasteiger partial charge in [-0.3, -0.25) is 4.79 Å². The fraction of sp³-hybridized carbons (Fsp3) is 0.267. The number of hydrogen-bond donors (Lipinski definition) is 0. The molecule has 0 amide bonds. The van der Waals surface area contributed by atoms with Crippen LogP contribution in [-0.4, -0.2) is 29.7 Å². The van der Waals surface area contributed by atoms with Gasteiger partial charge in [-0.25, -0.2) is 9.97 Å². The van der Waals surface area contributed by atoms with Crippen molar-refractivity contribution in [3.8, 4) is 17.0 Å². The maximum Gasteiger partial charge on any atom is 0.189 e. The second kappa shape index (κ2) is 8.26. The predicted octanol–water partition coefficient (Wildman–Crippen LogP) is 4.23. The molecule has 1 heterocycles. The van der Waals surface area contributed by atoms with E-state index in [-0.39, 0.29) is 18.3 Å². The molecule has 2 aromatic rings. The van der Waals surface area contributed by atoms with Gasteiger partial charge in [0, 0.05) is 22.1 Å². The molecule has 0 aliphatic heterocycles. The minimum absolute atomic E-state index is 0.0417. The fourth-order valence-electron chi connectivity index (χ4n) is 2.05. The van der Waals surface area contributed by atoms with Gasteiger partial charge in [0.15, 0.2) is 18.9 Å². The Bertz CT molecular complexity index is 806. The highest BCUT2D eigenvalue weighted by Crippen LogP contribution is 2.35. The first-order chi connectivity index (χ1) is 11.6. The molecule has 0 atom stereocenters. The van der Waals surface area contributed by atoms with Crippen molar-refractivity contribution in [1.82, 2.24) is 9.97 Å². The quantitative estimate of drug-likeness (QED) is 0.186. The van der Waals surface area contributed by atoms with Crippen molar-refractivity contribution in [3.05, 3.63) is 45.1 Å². The highest BCUT2D eigenvalue weighted by atomic mass is 35.5. The highest BCUT2D eigenvalue weighted by molar-refractivity contribution is 6.31. The monoisotopic (exact) mass is 347 g/mol. The van der Waals surface area contributed by atoms with Gasteiger partial charge >= 0.3 is 0 Å². The number of carbonyl (C=O) groups excluding carboxylic acids is 1. The first kappa shape index (κ1) is 17.7. The number of hydrogen-bond acceptors (Lipinski definition) is 6. The van der Waals surface area contributed by atoms with Gasteiger partial charge in [-0.2, -0.15) is 0 Å². The Morgan fingerprint density at radius 1 is 1.46 bits per heavy atom. The molecule has 1 aromatic carbocycles. The van der Waals surface area contributed by atoms with Crippen molar-refractivity contribution in [3.63, 3.8) is 0 Å². The number of aromatic nitrogens is 2.